The van der Waals surface area contributed by atoms with E-state index in [0.717, 1.165) is 49.7 Å². The van der Waals surface area contributed by atoms with Crippen LogP contribution in [0.1, 0.15) is 102 Å². The van der Waals surface area contributed by atoms with Crippen LogP contribution >= 0.6 is 0 Å². The van der Waals surface area contributed by atoms with Crippen LogP contribution in [0.4, 0.5) is 0 Å². The van der Waals surface area contributed by atoms with Crippen LogP contribution < -0.4 is 9.47 Å². The van der Waals surface area contributed by atoms with Gasteiger partial charge in [-0.1, -0.05) is 82.5 Å². The van der Waals surface area contributed by atoms with Crippen LogP contribution in [0.15, 0.2) is 66.7 Å². The van der Waals surface area contributed by atoms with E-state index in [-0.39, 0.29) is 11.8 Å². The number of hydrogen-bond acceptors (Lipinski definition) is 4. The lowest BCUT2D eigenvalue weighted by atomic mass is 9.84. The van der Waals surface area contributed by atoms with E-state index in [1.165, 1.54) is 5.56 Å². The number of aryl methyl sites for hydroxylation is 1. The van der Waals surface area contributed by atoms with Gasteiger partial charge in [-0.3, -0.25) is 0 Å². The number of esters is 2. The first-order valence-corrected chi connectivity index (χ1v) is 12.7. The fraction of sp³-hybridized carbons (Fsp3) is 0.355. The Kier molecular flexibility index (Phi) is 8.02. The Morgan fingerprint density at radius 2 is 1.34 bits per heavy atom. The molecule has 0 radical (unpaired) electrons. The molecule has 35 heavy (non-hydrogen) atoms. The average molecular weight is 471 g/mol. The third-order valence-corrected chi connectivity index (χ3v) is 6.70. The first-order valence-electron chi connectivity index (χ1n) is 12.7. The van der Waals surface area contributed by atoms with Gasteiger partial charge >= 0.3 is 11.9 Å². The second-order valence-corrected chi connectivity index (χ2v) is 9.59. The van der Waals surface area contributed by atoms with Crippen molar-refractivity contribution in [2.45, 2.75) is 71.1 Å². The van der Waals surface area contributed by atoms with Crippen molar-refractivity contribution in [3.8, 4) is 11.5 Å². The minimum Gasteiger partial charge on any atom is -0.419 e. The van der Waals surface area contributed by atoms with E-state index in [9.17, 15) is 9.59 Å². The van der Waals surface area contributed by atoms with Crippen LogP contribution in [0.5, 0.6) is 11.5 Å². The maximum atomic E-state index is 13.3. The Labute approximate surface area is 208 Å². The average Bonchev–Trinajstić information content (AvgIpc) is 3.41. The van der Waals surface area contributed by atoms with Gasteiger partial charge in [0, 0.05) is 5.56 Å². The minimum absolute atomic E-state index is 0.245. The van der Waals surface area contributed by atoms with E-state index in [2.05, 4.69) is 26.8 Å². The maximum Gasteiger partial charge on any atom is 0.343 e. The largest absolute Gasteiger partial charge is 0.419 e. The molecule has 0 N–H and O–H groups in total. The first-order chi connectivity index (χ1) is 17.0. The second-order valence-electron chi connectivity index (χ2n) is 9.59. The Morgan fingerprint density at radius 1 is 0.829 bits per heavy atom. The lowest BCUT2D eigenvalue weighted by molar-refractivity contribution is 0.0678. The molecule has 182 valence electrons. The van der Waals surface area contributed by atoms with E-state index in [0.29, 0.717) is 22.6 Å². The fourth-order valence-corrected chi connectivity index (χ4v) is 4.96. The fourth-order valence-electron chi connectivity index (χ4n) is 4.96. The van der Waals surface area contributed by atoms with Crippen molar-refractivity contribution in [2.75, 3.05) is 0 Å². The molecule has 1 saturated carbocycles. The number of benzene rings is 3. The predicted molar refractivity (Wildman–Crippen MR) is 139 cm³/mol. The van der Waals surface area contributed by atoms with Gasteiger partial charge in [-0.2, -0.15) is 0 Å². The van der Waals surface area contributed by atoms with Crippen molar-refractivity contribution in [1.82, 2.24) is 0 Å². The molecule has 0 aliphatic heterocycles. The zero-order chi connectivity index (χ0) is 24.8. The Bertz CT molecular complexity index is 1160. The summed E-state index contributed by atoms with van der Waals surface area (Å²) in [4.78, 5) is 26.4. The molecule has 3 aromatic rings. The maximum absolute atomic E-state index is 13.3. The van der Waals surface area contributed by atoms with Crippen molar-refractivity contribution < 1.29 is 19.1 Å². The number of ether oxygens (including phenoxy) is 2. The summed E-state index contributed by atoms with van der Waals surface area (Å²) >= 11 is 0. The summed E-state index contributed by atoms with van der Waals surface area (Å²) in [6.07, 6.45) is 5.96. The molecule has 0 heterocycles. The summed E-state index contributed by atoms with van der Waals surface area (Å²) in [6, 6.07) is 20.1. The topological polar surface area (TPSA) is 52.6 Å². The van der Waals surface area contributed by atoms with Gasteiger partial charge in [0.05, 0.1) is 11.1 Å². The quantitative estimate of drug-likeness (QED) is 0.248. The molecule has 0 unspecified atom stereocenters. The Hall–Kier alpha value is -3.40. The second kappa shape index (κ2) is 11.4. The molecule has 1 aliphatic rings. The van der Waals surface area contributed by atoms with E-state index in [1.54, 1.807) is 24.3 Å². The molecule has 0 aromatic heterocycles. The zero-order valence-electron chi connectivity index (χ0n) is 20.9. The van der Waals surface area contributed by atoms with E-state index in [4.69, 9.17) is 9.47 Å². The summed E-state index contributed by atoms with van der Waals surface area (Å²) in [7, 11) is 0. The lowest BCUT2D eigenvalue weighted by Gasteiger charge is -2.26. The molecule has 1 aliphatic carbocycles. The standard InChI is InChI=1S/C31H34O4/c1-4-13-25-20-26(21(2)3)27(22-14-11-12-15-22)29(35-31(33)24-18-9-6-10-19-24)28(25)34-30(32)23-16-7-5-8-17-23/h5-10,16-22H,4,11-15H2,1-3H3. The SMILES string of the molecule is CCCc1cc(C(C)C)c(C2CCCC2)c(OC(=O)c2ccccc2)c1OC(=O)c1ccccc1. The van der Waals surface area contributed by atoms with Gasteiger partial charge in [-0.25, -0.2) is 9.59 Å². The van der Waals surface area contributed by atoms with E-state index >= 15 is 0 Å². The normalized spacial score (nSPS) is 13.7. The molecule has 0 atom stereocenters. The van der Waals surface area contributed by atoms with Crippen LogP contribution in [0.2, 0.25) is 0 Å². The predicted octanol–water partition coefficient (Wildman–Crippen LogP) is 7.86. The van der Waals surface area contributed by atoms with E-state index < -0.39 is 11.9 Å². The van der Waals surface area contributed by atoms with Gasteiger partial charge in [0.2, 0.25) is 0 Å². The van der Waals surface area contributed by atoms with Gasteiger partial charge in [0.1, 0.15) is 0 Å². The third kappa shape index (κ3) is 5.64. The van der Waals surface area contributed by atoms with Crippen LogP contribution in [0.25, 0.3) is 0 Å². The minimum atomic E-state index is -0.449. The smallest absolute Gasteiger partial charge is 0.343 e. The molecular weight excluding hydrogens is 436 g/mol. The summed E-state index contributed by atoms with van der Waals surface area (Å²) in [6.45, 7) is 6.43. The van der Waals surface area contributed by atoms with Crippen LogP contribution in [0, 0.1) is 0 Å². The lowest BCUT2D eigenvalue weighted by Crippen LogP contribution is -2.17. The van der Waals surface area contributed by atoms with E-state index in [1.807, 2.05) is 36.4 Å². The van der Waals surface area contributed by atoms with Crippen molar-refractivity contribution in [3.05, 3.63) is 94.5 Å². The number of carbonyl (C=O) groups excluding carboxylic acids is 2. The highest BCUT2D eigenvalue weighted by Gasteiger charge is 2.31. The third-order valence-electron chi connectivity index (χ3n) is 6.70. The number of hydrogen-bond donors (Lipinski definition) is 0. The van der Waals surface area contributed by atoms with Crippen molar-refractivity contribution in [2.24, 2.45) is 0 Å². The summed E-state index contributed by atoms with van der Waals surface area (Å²) in [5, 5.41) is 0. The first kappa shape index (κ1) is 24.7. The van der Waals surface area contributed by atoms with Crippen molar-refractivity contribution in [3.63, 3.8) is 0 Å². The molecule has 4 nitrogen and oxygen atoms in total. The van der Waals surface area contributed by atoms with Gasteiger partial charge in [0.25, 0.3) is 0 Å². The van der Waals surface area contributed by atoms with Crippen molar-refractivity contribution in [1.29, 1.82) is 0 Å². The van der Waals surface area contributed by atoms with Crippen LogP contribution in [-0.2, 0) is 6.42 Å². The summed E-state index contributed by atoms with van der Waals surface area (Å²) in [5.41, 5.74) is 4.04. The highest BCUT2D eigenvalue weighted by atomic mass is 16.6. The van der Waals surface area contributed by atoms with Crippen LogP contribution in [-0.4, -0.2) is 11.9 Å². The summed E-state index contributed by atoms with van der Waals surface area (Å²) in [5.74, 6) is 0.436. The van der Waals surface area contributed by atoms with Gasteiger partial charge in [0.15, 0.2) is 11.5 Å². The molecule has 0 spiro atoms. The van der Waals surface area contributed by atoms with Gasteiger partial charge in [-0.05, 0) is 66.5 Å². The highest BCUT2D eigenvalue weighted by Crippen LogP contribution is 2.49. The van der Waals surface area contributed by atoms with Gasteiger partial charge in [-0.15, -0.1) is 0 Å². The monoisotopic (exact) mass is 470 g/mol. The van der Waals surface area contributed by atoms with Crippen LogP contribution in [0.3, 0.4) is 0 Å². The molecule has 1 fully saturated rings. The molecule has 0 amide bonds. The Balaban J connectivity index is 1.89. The molecule has 4 rings (SSSR count). The summed E-state index contributed by atoms with van der Waals surface area (Å²) < 4.78 is 12.2. The highest BCUT2D eigenvalue weighted by molar-refractivity contribution is 5.94. The molecular formula is C31H34O4. The molecule has 3 aromatic carbocycles. The number of carbonyl (C=O) groups is 2. The zero-order valence-corrected chi connectivity index (χ0v) is 20.9. The molecule has 0 saturated heterocycles. The molecule has 4 heteroatoms. The number of rotatable bonds is 8. The van der Waals surface area contributed by atoms with Gasteiger partial charge < -0.3 is 9.47 Å². The Morgan fingerprint density at radius 3 is 1.83 bits per heavy atom. The molecule has 0 bridgehead atoms. The van der Waals surface area contributed by atoms with Crippen molar-refractivity contribution >= 4 is 11.9 Å².